The Bertz CT molecular complexity index is 1050. The van der Waals surface area contributed by atoms with E-state index < -0.39 is 0 Å². The Kier molecular flexibility index (Phi) is 4.80. The van der Waals surface area contributed by atoms with Crippen LogP contribution in [-0.2, 0) is 13.0 Å². The van der Waals surface area contributed by atoms with Crippen LogP contribution in [0.4, 0.5) is 10.5 Å². The number of methoxy groups -OCH3 is 1. The van der Waals surface area contributed by atoms with Crippen molar-refractivity contribution in [3.05, 3.63) is 76.2 Å². The number of ether oxygens (including phenoxy) is 1. The minimum atomic E-state index is -0.248. The van der Waals surface area contributed by atoms with Gasteiger partial charge in [-0.1, -0.05) is 30.3 Å². The molecule has 0 atom stereocenters. The molecule has 1 aliphatic rings. The van der Waals surface area contributed by atoms with Gasteiger partial charge < -0.3 is 19.9 Å². The van der Waals surface area contributed by atoms with Crippen LogP contribution in [0.2, 0.25) is 0 Å². The summed E-state index contributed by atoms with van der Waals surface area (Å²) in [5.74, 6) is 1.28. The maximum atomic E-state index is 12.6. The standard InChI is InChI=1S/C21H20N4O3/c1-28-16-9-7-15(8-10-16)22-21(27)25-12-11-18-17(13-25)20(26)24-19(23-18)14-5-3-2-4-6-14/h2-10H,11-13H2,1H3,(H,22,27)(H,23,24,26). The zero-order chi connectivity index (χ0) is 19.5. The van der Waals surface area contributed by atoms with Crippen molar-refractivity contribution >= 4 is 11.7 Å². The molecule has 7 heteroatoms. The van der Waals surface area contributed by atoms with Gasteiger partial charge in [-0.05, 0) is 24.3 Å². The normalized spacial score (nSPS) is 13.0. The Hall–Kier alpha value is -3.61. The lowest BCUT2D eigenvalue weighted by atomic mass is 10.1. The third-order valence-electron chi connectivity index (χ3n) is 4.74. The summed E-state index contributed by atoms with van der Waals surface area (Å²) in [5, 5.41) is 2.85. The predicted octanol–water partition coefficient (Wildman–Crippen LogP) is 3.04. The SMILES string of the molecule is COc1ccc(NC(=O)N2CCc3nc(-c4ccccc4)[nH]c(=O)c3C2)cc1. The number of amides is 2. The molecule has 28 heavy (non-hydrogen) atoms. The second-order valence-electron chi connectivity index (χ2n) is 6.54. The molecule has 0 unspecified atom stereocenters. The van der Waals surface area contributed by atoms with Crippen molar-refractivity contribution in [2.45, 2.75) is 13.0 Å². The molecule has 0 saturated carbocycles. The van der Waals surface area contributed by atoms with E-state index >= 15 is 0 Å². The van der Waals surface area contributed by atoms with Gasteiger partial charge in [-0.15, -0.1) is 0 Å². The molecule has 2 amide bonds. The Morgan fingerprint density at radius 3 is 2.61 bits per heavy atom. The van der Waals surface area contributed by atoms with E-state index in [1.54, 1.807) is 36.3 Å². The predicted molar refractivity (Wildman–Crippen MR) is 106 cm³/mol. The van der Waals surface area contributed by atoms with E-state index in [2.05, 4.69) is 15.3 Å². The van der Waals surface area contributed by atoms with Gasteiger partial charge in [-0.2, -0.15) is 0 Å². The van der Waals surface area contributed by atoms with Gasteiger partial charge in [-0.3, -0.25) is 4.79 Å². The van der Waals surface area contributed by atoms with Crippen molar-refractivity contribution in [3.8, 4) is 17.1 Å². The number of nitrogens with zero attached hydrogens (tertiary/aromatic N) is 2. The minimum Gasteiger partial charge on any atom is -0.497 e. The van der Waals surface area contributed by atoms with Crippen molar-refractivity contribution in [2.24, 2.45) is 0 Å². The van der Waals surface area contributed by atoms with Gasteiger partial charge in [0.25, 0.3) is 5.56 Å². The van der Waals surface area contributed by atoms with Gasteiger partial charge >= 0.3 is 6.03 Å². The first kappa shape index (κ1) is 17.8. The summed E-state index contributed by atoms with van der Waals surface area (Å²) in [5.41, 5.74) is 2.61. The summed E-state index contributed by atoms with van der Waals surface area (Å²) in [4.78, 5) is 34.2. The molecule has 0 bridgehead atoms. The first-order valence-electron chi connectivity index (χ1n) is 9.01. The number of carbonyl (C=O) groups is 1. The number of urea groups is 1. The number of carbonyl (C=O) groups excluding carboxylic acids is 1. The topological polar surface area (TPSA) is 87.3 Å². The van der Waals surface area contributed by atoms with Gasteiger partial charge in [0.05, 0.1) is 24.9 Å². The highest BCUT2D eigenvalue weighted by Gasteiger charge is 2.24. The summed E-state index contributed by atoms with van der Waals surface area (Å²) in [6, 6.07) is 16.4. The third-order valence-corrected chi connectivity index (χ3v) is 4.74. The molecule has 2 aromatic carbocycles. The van der Waals surface area contributed by atoms with Crippen LogP contribution in [0.3, 0.4) is 0 Å². The highest BCUT2D eigenvalue weighted by Crippen LogP contribution is 2.20. The van der Waals surface area contributed by atoms with Gasteiger partial charge in [0, 0.05) is 24.2 Å². The first-order valence-corrected chi connectivity index (χ1v) is 9.01. The van der Waals surface area contributed by atoms with Crippen molar-refractivity contribution in [3.63, 3.8) is 0 Å². The molecule has 0 aliphatic carbocycles. The van der Waals surface area contributed by atoms with Crippen molar-refractivity contribution < 1.29 is 9.53 Å². The zero-order valence-electron chi connectivity index (χ0n) is 15.4. The number of anilines is 1. The number of rotatable bonds is 3. The average Bonchev–Trinajstić information content (AvgIpc) is 2.74. The van der Waals surface area contributed by atoms with E-state index in [4.69, 9.17) is 4.74 Å². The summed E-state index contributed by atoms with van der Waals surface area (Å²) < 4.78 is 5.12. The van der Waals surface area contributed by atoms with E-state index in [1.165, 1.54) is 0 Å². The number of nitrogens with one attached hydrogen (secondary N) is 2. The van der Waals surface area contributed by atoms with Gasteiger partial charge in [0.2, 0.25) is 0 Å². The third kappa shape index (κ3) is 3.59. The summed E-state index contributed by atoms with van der Waals surface area (Å²) >= 11 is 0. The number of hydrogen-bond acceptors (Lipinski definition) is 4. The molecule has 0 radical (unpaired) electrons. The molecule has 1 aromatic heterocycles. The molecule has 2 N–H and O–H groups in total. The zero-order valence-corrected chi connectivity index (χ0v) is 15.4. The fourth-order valence-electron chi connectivity index (χ4n) is 3.21. The van der Waals surface area contributed by atoms with Crippen molar-refractivity contribution in [1.82, 2.24) is 14.9 Å². The Labute approximate surface area is 162 Å². The Morgan fingerprint density at radius 1 is 1.14 bits per heavy atom. The molecule has 4 rings (SSSR count). The summed E-state index contributed by atoms with van der Waals surface area (Å²) in [6.45, 7) is 0.731. The first-order chi connectivity index (χ1) is 13.6. The van der Waals surface area contributed by atoms with Gasteiger partial charge in [0.1, 0.15) is 11.6 Å². The summed E-state index contributed by atoms with van der Waals surface area (Å²) in [7, 11) is 1.59. The van der Waals surface area contributed by atoms with Crippen LogP contribution in [0.1, 0.15) is 11.3 Å². The molecule has 0 spiro atoms. The number of H-pyrrole nitrogens is 1. The Balaban J connectivity index is 1.51. The number of fused-ring (bicyclic) bond motifs is 1. The van der Waals surface area contributed by atoms with Crippen LogP contribution in [0.15, 0.2) is 59.4 Å². The average molecular weight is 376 g/mol. The van der Waals surface area contributed by atoms with Crippen LogP contribution in [-0.4, -0.2) is 34.6 Å². The minimum absolute atomic E-state index is 0.203. The fraction of sp³-hybridized carbons (Fsp3) is 0.190. The second-order valence-corrected chi connectivity index (χ2v) is 6.54. The fourth-order valence-corrected chi connectivity index (χ4v) is 3.21. The lowest BCUT2D eigenvalue weighted by Crippen LogP contribution is -2.41. The quantitative estimate of drug-likeness (QED) is 0.736. The van der Waals surface area contributed by atoms with Gasteiger partial charge in [0.15, 0.2) is 0 Å². The monoisotopic (exact) mass is 376 g/mol. The van der Waals surface area contributed by atoms with Crippen LogP contribution in [0.5, 0.6) is 5.75 Å². The lowest BCUT2D eigenvalue weighted by molar-refractivity contribution is 0.205. The molecule has 2 heterocycles. The second kappa shape index (κ2) is 7.56. The molecular weight excluding hydrogens is 356 g/mol. The van der Waals surface area contributed by atoms with E-state index in [1.807, 2.05) is 30.3 Å². The van der Waals surface area contributed by atoms with Crippen molar-refractivity contribution in [2.75, 3.05) is 19.0 Å². The Morgan fingerprint density at radius 2 is 1.89 bits per heavy atom. The smallest absolute Gasteiger partial charge is 0.322 e. The number of aromatic amines is 1. The van der Waals surface area contributed by atoms with Crippen molar-refractivity contribution in [1.29, 1.82) is 0 Å². The number of hydrogen-bond donors (Lipinski definition) is 2. The maximum Gasteiger partial charge on any atom is 0.322 e. The van der Waals surface area contributed by atoms with E-state index in [9.17, 15) is 9.59 Å². The number of benzene rings is 2. The molecule has 0 fully saturated rings. The molecule has 3 aromatic rings. The molecule has 1 aliphatic heterocycles. The van der Waals surface area contributed by atoms with E-state index in [0.717, 1.165) is 17.0 Å². The van der Waals surface area contributed by atoms with Crippen LogP contribution in [0, 0.1) is 0 Å². The molecule has 7 nitrogen and oxygen atoms in total. The number of aromatic nitrogens is 2. The lowest BCUT2D eigenvalue weighted by Gasteiger charge is -2.28. The van der Waals surface area contributed by atoms with Crippen LogP contribution >= 0.6 is 0 Å². The molecule has 142 valence electrons. The van der Waals surface area contributed by atoms with Crippen LogP contribution < -0.4 is 15.6 Å². The summed E-state index contributed by atoms with van der Waals surface area (Å²) in [6.07, 6.45) is 0.537. The highest BCUT2D eigenvalue weighted by atomic mass is 16.5. The highest BCUT2D eigenvalue weighted by molar-refractivity contribution is 5.89. The largest absolute Gasteiger partial charge is 0.497 e. The molecular formula is C21H20N4O3. The molecule has 0 saturated heterocycles. The van der Waals surface area contributed by atoms with Gasteiger partial charge in [-0.25, -0.2) is 9.78 Å². The van der Waals surface area contributed by atoms with E-state index in [0.29, 0.717) is 30.0 Å². The van der Waals surface area contributed by atoms with Crippen LogP contribution in [0.25, 0.3) is 11.4 Å². The maximum absolute atomic E-state index is 12.6. The van der Waals surface area contributed by atoms with E-state index in [-0.39, 0.29) is 18.1 Å².